The fraction of sp³-hybridized carbons (Fsp3) is 0.429. The Balaban J connectivity index is 1.41. The van der Waals surface area contributed by atoms with Crippen LogP contribution in [0.3, 0.4) is 0 Å². The lowest BCUT2D eigenvalue weighted by atomic mass is 9.90. The average molecular weight is 483 g/mol. The first kappa shape index (κ1) is 23.9. The smallest absolute Gasteiger partial charge is 0.142 e. The quantitative estimate of drug-likeness (QED) is 0.475. The van der Waals surface area contributed by atoms with Crippen LogP contribution in [0.15, 0.2) is 63.2 Å². The van der Waals surface area contributed by atoms with Crippen LogP contribution < -0.4 is 0 Å². The van der Waals surface area contributed by atoms with Crippen LogP contribution in [0.25, 0.3) is 0 Å². The minimum atomic E-state index is -0.198. The van der Waals surface area contributed by atoms with Gasteiger partial charge in [0.05, 0.1) is 36.6 Å². The van der Waals surface area contributed by atoms with E-state index in [4.69, 9.17) is 9.98 Å². The number of Topliss-reactive ketones (excluding diaryl/α,β-unsaturated/α-hetero) is 2. The van der Waals surface area contributed by atoms with Gasteiger partial charge in [-0.25, -0.2) is 4.99 Å². The number of hydrogen-bond donors (Lipinski definition) is 0. The second-order valence-electron chi connectivity index (χ2n) is 9.81. The molecule has 3 heterocycles. The fourth-order valence-electron chi connectivity index (χ4n) is 4.77. The van der Waals surface area contributed by atoms with E-state index in [0.29, 0.717) is 25.8 Å². The third-order valence-corrected chi connectivity index (χ3v) is 6.74. The number of carbonyl (C=O) groups is 2. The number of allylic oxidation sites excluding steroid dienone is 2. The zero-order chi connectivity index (χ0) is 25.1. The standard InChI is InChI=1S/C28H30N6O2/c1-19(2)34-18-21(16-31-34)28-17-30-26-6-5-22(14-27(26)32-28)33(23-12-24(35)15-25(36)13-23)11-3-4-20-7-9-29-10-8-20/h5,7,9-10,14,16-20,23,26H,6,8,11-13,15H2,1-2H3. The molecule has 5 rings (SSSR count). The molecule has 0 N–H and O–H groups in total. The summed E-state index contributed by atoms with van der Waals surface area (Å²) < 4.78 is 1.91. The molecule has 8 heteroatoms. The zero-order valence-corrected chi connectivity index (χ0v) is 20.7. The highest BCUT2D eigenvalue weighted by Gasteiger charge is 2.32. The summed E-state index contributed by atoms with van der Waals surface area (Å²) in [5, 5.41) is 4.43. The van der Waals surface area contributed by atoms with E-state index in [1.54, 1.807) is 6.20 Å². The highest BCUT2D eigenvalue weighted by atomic mass is 16.1. The Bertz CT molecular complexity index is 1280. The molecule has 1 aromatic heterocycles. The van der Waals surface area contributed by atoms with Crippen LogP contribution in [0, 0.1) is 17.8 Å². The molecule has 0 saturated heterocycles. The predicted octanol–water partition coefficient (Wildman–Crippen LogP) is 3.48. The van der Waals surface area contributed by atoms with Crippen molar-refractivity contribution in [1.82, 2.24) is 14.7 Å². The van der Waals surface area contributed by atoms with Gasteiger partial charge in [-0.1, -0.05) is 24.0 Å². The summed E-state index contributed by atoms with van der Waals surface area (Å²) in [4.78, 5) is 40.4. The molecule has 2 atom stereocenters. The molecule has 0 radical (unpaired) electrons. The van der Waals surface area contributed by atoms with Crippen molar-refractivity contribution >= 4 is 29.7 Å². The Morgan fingerprint density at radius 3 is 2.75 bits per heavy atom. The van der Waals surface area contributed by atoms with Crippen molar-refractivity contribution < 1.29 is 9.59 Å². The molecular weight excluding hydrogens is 452 g/mol. The third-order valence-electron chi connectivity index (χ3n) is 6.74. The summed E-state index contributed by atoms with van der Waals surface area (Å²) in [5.74, 6) is 6.71. The molecule has 1 aromatic rings. The lowest BCUT2D eigenvalue weighted by Crippen LogP contribution is -2.42. The van der Waals surface area contributed by atoms with Gasteiger partial charge in [0.1, 0.15) is 11.6 Å². The normalized spacial score (nSPS) is 23.6. The van der Waals surface area contributed by atoms with Gasteiger partial charge in [0.2, 0.25) is 0 Å². The monoisotopic (exact) mass is 482 g/mol. The summed E-state index contributed by atoms with van der Waals surface area (Å²) >= 11 is 0. The van der Waals surface area contributed by atoms with Crippen LogP contribution in [0.2, 0.25) is 0 Å². The summed E-state index contributed by atoms with van der Waals surface area (Å²) in [7, 11) is 0. The van der Waals surface area contributed by atoms with E-state index in [2.05, 4.69) is 46.8 Å². The molecule has 4 aliphatic rings. The first-order chi connectivity index (χ1) is 17.5. The van der Waals surface area contributed by atoms with E-state index in [-0.39, 0.29) is 42.0 Å². The Morgan fingerprint density at radius 1 is 1.19 bits per heavy atom. The average Bonchev–Trinajstić information content (AvgIpc) is 3.37. The summed E-state index contributed by atoms with van der Waals surface area (Å²) in [6.45, 7) is 4.61. The van der Waals surface area contributed by atoms with Crippen molar-refractivity contribution in [2.75, 3.05) is 6.54 Å². The number of carbonyl (C=O) groups excluding carboxylic acids is 2. The number of hydrogen-bond acceptors (Lipinski definition) is 7. The number of fused-ring (bicyclic) bond motifs is 1. The largest absolute Gasteiger partial charge is 0.357 e. The van der Waals surface area contributed by atoms with Crippen LogP contribution >= 0.6 is 0 Å². The van der Waals surface area contributed by atoms with E-state index >= 15 is 0 Å². The highest BCUT2D eigenvalue weighted by Crippen LogP contribution is 2.30. The van der Waals surface area contributed by atoms with E-state index in [0.717, 1.165) is 29.1 Å². The molecule has 36 heavy (non-hydrogen) atoms. The number of aromatic nitrogens is 2. The molecule has 0 spiro atoms. The molecule has 1 saturated carbocycles. The Kier molecular flexibility index (Phi) is 6.90. The number of aliphatic imine (C=N–C) groups is 3. The lowest BCUT2D eigenvalue weighted by molar-refractivity contribution is -0.131. The van der Waals surface area contributed by atoms with Crippen LogP contribution in [0.4, 0.5) is 0 Å². The summed E-state index contributed by atoms with van der Waals surface area (Å²) in [6.07, 6.45) is 17.7. The molecule has 2 aliphatic carbocycles. The Labute approximate surface area is 211 Å². The lowest BCUT2D eigenvalue weighted by Gasteiger charge is -2.36. The number of nitrogens with zero attached hydrogens (tertiary/aromatic N) is 6. The number of ketones is 2. The third kappa shape index (κ3) is 5.35. The van der Waals surface area contributed by atoms with Crippen molar-refractivity contribution in [1.29, 1.82) is 0 Å². The fourth-order valence-corrected chi connectivity index (χ4v) is 4.77. The van der Waals surface area contributed by atoms with Crippen molar-refractivity contribution in [3.05, 3.63) is 53.8 Å². The maximum Gasteiger partial charge on any atom is 0.142 e. The minimum absolute atomic E-state index is 0.00712. The molecule has 0 aromatic carbocycles. The van der Waals surface area contributed by atoms with Crippen molar-refractivity contribution in [2.45, 2.75) is 64.1 Å². The minimum Gasteiger partial charge on any atom is -0.357 e. The van der Waals surface area contributed by atoms with E-state index in [1.807, 2.05) is 41.7 Å². The van der Waals surface area contributed by atoms with Crippen molar-refractivity contribution in [3.8, 4) is 11.8 Å². The Morgan fingerprint density at radius 2 is 2.03 bits per heavy atom. The molecule has 184 valence electrons. The van der Waals surface area contributed by atoms with Crippen LogP contribution in [-0.4, -0.2) is 63.0 Å². The first-order valence-electron chi connectivity index (χ1n) is 12.5. The maximum atomic E-state index is 12.3. The van der Waals surface area contributed by atoms with Crippen LogP contribution in [0.5, 0.6) is 0 Å². The van der Waals surface area contributed by atoms with Crippen molar-refractivity contribution in [2.24, 2.45) is 20.9 Å². The summed E-state index contributed by atoms with van der Waals surface area (Å²) in [6, 6.07) is 0.0332. The Hall–Kier alpha value is -3.86. The van der Waals surface area contributed by atoms with Gasteiger partial charge in [-0.2, -0.15) is 5.10 Å². The van der Waals surface area contributed by atoms with Crippen LogP contribution in [-0.2, 0) is 9.59 Å². The second kappa shape index (κ2) is 10.4. The zero-order valence-electron chi connectivity index (χ0n) is 20.7. The maximum absolute atomic E-state index is 12.3. The van der Waals surface area contributed by atoms with Gasteiger partial charge in [0.25, 0.3) is 0 Å². The molecule has 2 unspecified atom stereocenters. The number of rotatable bonds is 5. The highest BCUT2D eigenvalue weighted by molar-refractivity contribution is 6.38. The van der Waals surface area contributed by atoms with Gasteiger partial charge in [-0.05, 0) is 26.3 Å². The van der Waals surface area contributed by atoms with Gasteiger partial charge in [0.15, 0.2) is 0 Å². The van der Waals surface area contributed by atoms with Crippen LogP contribution in [0.1, 0.15) is 57.6 Å². The van der Waals surface area contributed by atoms with E-state index < -0.39 is 0 Å². The SMILES string of the molecule is CC(C)n1cc(C2=NC3=CC(N(CC#CC4C=CN=CC4)C4CC(=O)CC(=O)C4)=CCC3N=C2)cn1. The van der Waals surface area contributed by atoms with E-state index in [1.165, 1.54) is 0 Å². The van der Waals surface area contributed by atoms with Gasteiger partial charge < -0.3 is 4.90 Å². The van der Waals surface area contributed by atoms with Crippen molar-refractivity contribution in [3.63, 3.8) is 0 Å². The van der Waals surface area contributed by atoms with Gasteiger partial charge >= 0.3 is 0 Å². The van der Waals surface area contributed by atoms with Gasteiger partial charge in [-0.15, -0.1) is 0 Å². The molecular formula is C28H30N6O2. The molecule has 0 amide bonds. The van der Waals surface area contributed by atoms with Gasteiger partial charge in [-0.3, -0.25) is 24.3 Å². The predicted molar refractivity (Wildman–Crippen MR) is 140 cm³/mol. The van der Waals surface area contributed by atoms with E-state index in [9.17, 15) is 9.59 Å². The second-order valence-corrected chi connectivity index (χ2v) is 9.81. The topological polar surface area (TPSA) is 92.3 Å². The van der Waals surface area contributed by atoms with Gasteiger partial charge in [0, 0.05) is 73.4 Å². The first-order valence-corrected chi connectivity index (χ1v) is 12.5. The summed E-state index contributed by atoms with van der Waals surface area (Å²) in [5.41, 5.74) is 3.53. The molecule has 8 nitrogen and oxygen atoms in total. The molecule has 1 fully saturated rings. The molecule has 2 aliphatic heterocycles. The molecule has 0 bridgehead atoms.